The minimum Gasteiger partial charge on any atom is -0.399 e. The molecule has 0 saturated heterocycles. The van der Waals surface area contributed by atoms with Crippen LogP contribution in [0.2, 0.25) is 5.02 Å². The van der Waals surface area contributed by atoms with Crippen molar-refractivity contribution >= 4 is 23.2 Å². The van der Waals surface area contributed by atoms with E-state index in [-0.39, 0.29) is 11.7 Å². The molecule has 0 radical (unpaired) electrons. The molecule has 0 atom stereocenters. The molecule has 0 aliphatic carbocycles. The van der Waals surface area contributed by atoms with Crippen molar-refractivity contribution in [2.75, 3.05) is 12.3 Å². The Balaban J connectivity index is 2.22. The summed E-state index contributed by atoms with van der Waals surface area (Å²) >= 11 is 5.92. The molecular weight excluding hydrogens is 291 g/mol. The van der Waals surface area contributed by atoms with Gasteiger partial charge in [-0.15, -0.1) is 0 Å². The van der Waals surface area contributed by atoms with Gasteiger partial charge in [0, 0.05) is 29.4 Å². The summed E-state index contributed by atoms with van der Waals surface area (Å²) in [5, 5.41) is 0.417. The Morgan fingerprint density at radius 2 is 2.05 bits per heavy atom. The monoisotopic (exact) mass is 306 g/mol. The summed E-state index contributed by atoms with van der Waals surface area (Å²) in [5.74, 6) is -0.501. The summed E-state index contributed by atoms with van der Waals surface area (Å²) < 4.78 is 13.2. The van der Waals surface area contributed by atoms with Crippen molar-refractivity contribution in [3.8, 4) is 0 Å². The zero-order valence-corrected chi connectivity index (χ0v) is 12.4. The van der Waals surface area contributed by atoms with Gasteiger partial charge < -0.3 is 10.6 Å². The summed E-state index contributed by atoms with van der Waals surface area (Å²) in [6, 6.07) is 10.9. The van der Waals surface area contributed by atoms with Gasteiger partial charge in [-0.05, 0) is 42.8 Å². The fourth-order valence-electron chi connectivity index (χ4n) is 2.10. The Morgan fingerprint density at radius 1 is 1.29 bits per heavy atom. The highest BCUT2D eigenvalue weighted by Gasteiger charge is 2.15. The first-order valence-electron chi connectivity index (χ1n) is 6.59. The van der Waals surface area contributed by atoms with Gasteiger partial charge in [0.25, 0.3) is 5.91 Å². The van der Waals surface area contributed by atoms with Crippen molar-refractivity contribution in [1.82, 2.24) is 4.90 Å². The normalized spacial score (nSPS) is 10.4. The number of nitrogen functional groups attached to an aromatic ring is 1. The highest BCUT2D eigenvalue weighted by atomic mass is 35.5. The third-order valence-corrected chi connectivity index (χ3v) is 3.32. The van der Waals surface area contributed by atoms with E-state index in [0.717, 1.165) is 5.56 Å². The molecule has 0 saturated carbocycles. The van der Waals surface area contributed by atoms with Gasteiger partial charge in [0.1, 0.15) is 5.82 Å². The maximum Gasteiger partial charge on any atom is 0.254 e. The summed E-state index contributed by atoms with van der Waals surface area (Å²) in [6.07, 6.45) is 0. The van der Waals surface area contributed by atoms with Crippen molar-refractivity contribution in [3.05, 3.63) is 64.4 Å². The standard InChI is InChI=1S/C16H16ClFN2O/c1-2-20(10-11-4-3-5-14(18)6-11)16(21)12-7-13(17)9-15(19)8-12/h3-9H,2,10,19H2,1H3. The molecule has 0 fully saturated rings. The first-order valence-corrected chi connectivity index (χ1v) is 6.97. The lowest BCUT2D eigenvalue weighted by Gasteiger charge is -2.21. The number of carbonyl (C=O) groups excluding carboxylic acids is 1. The number of hydrogen-bond acceptors (Lipinski definition) is 2. The SMILES string of the molecule is CCN(Cc1cccc(F)c1)C(=O)c1cc(N)cc(Cl)c1. The topological polar surface area (TPSA) is 46.3 Å². The minimum absolute atomic E-state index is 0.184. The van der Waals surface area contributed by atoms with Gasteiger partial charge in [-0.2, -0.15) is 0 Å². The molecule has 2 aromatic carbocycles. The van der Waals surface area contributed by atoms with Gasteiger partial charge in [-0.25, -0.2) is 4.39 Å². The number of nitrogens with zero attached hydrogens (tertiary/aromatic N) is 1. The average molecular weight is 307 g/mol. The van der Waals surface area contributed by atoms with Crippen LogP contribution in [-0.2, 0) is 6.54 Å². The predicted octanol–water partition coefficient (Wildman–Crippen LogP) is 3.72. The Bertz CT molecular complexity index is 640. The molecule has 0 heterocycles. The number of carbonyl (C=O) groups is 1. The fraction of sp³-hybridized carbons (Fsp3) is 0.188. The second kappa shape index (κ2) is 6.59. The van der Waals surface area contributed by atoms with Crippen molar-refractivity contribution in [1.29, 1.82) is 0 Å². The minimum atomic E-state index is -0.317. The number of rotatable bonds is 4. The molecule has 0 bridgehead atoms. The Hall–Kier alpha value is -2.07. The third-order valence-electron chi connectivity index (χ3n) is 3.10. The summed E-state index contributed by atoms with van der Waals surface area (Å²) in [7, 11) is 0. The van der Waals surface area contributed by atoms with E-state index >= 15 is 0 Å². The first-order chi connectivity index (χ1) is 9.99. The van der Waals surface area contributed by atoms with Crippen LogP contribution in [0.15, 0.2) is 42.5 Å². The van der Waals surface area contributed by atoms with E-state index in [0.29, 0.717) is 29.4 Å². The molecule has 2 aromatic rings. The van der Waals surface area contributed by atoms with Gasteiger partial charge >= 0.3 is 0 Å². The summed E-state index contributed by atoms with van der Waals surface area (Å²) in [4.78, 5) is 14.1. The first kappa shape index (κ1) is 15.3. The van der Waals surface area contributed by atoms with Crippen LogP contribution in [0.3, 0.4) is 0 Å². The van der Waals surface area contributed by atoms with Gasteiger partial charge in [-0.1, -0.05) is 23.7 Å². The molecule has 1 amide bonds. The molecule has 0 unspecified atom stereocenters. The van der Waals surface area contributed by atoms with E-state index in [1.54, 1.807) is 35.2 Å². The third kappa shape index (κ3) is 3.95. The van der Waals surface area contributed by atoms with Crippen LogP contribution < -0.4 is 5.73 Å². The van der Waals surface area contributed by atoms with Gasteiger partial charge in [0.15, 0.2) is 0 Å². The highest BCUT2D eigenvalue weighted by molar-refractivity contribution is 6.31. The van der Waals surface area contributed by atoms with Crippen LogP contribution in [0.1, 0.15) is 22.8 Å². The van der Waals surface area contributed by atoms with Crippen LogP contribution in [0, 0.1) is 5.82 Å². The summed E-state index contributed by atoms with van der Waals surface area (Å²) in [5.41, 5.74) is 7.31. The molecular formula is C16H16ClFN2O. The van der Waals surface area contributed by atoms with Gasteiger partial charge in [0.05, 0.1) is 0 Å². The van der Waals surface area contributed by atoms with Gasteiger partial charge in [-0.3, -0.25) is 4.79 Å². The quantitative estimate of drug-likeness (QED) is 0.875. The summed E-state index contributed by atoms with van der Waals surface area (Å²) in [6.45, 7) is 2.70. The Kier molecular flexibility index (Phi) is 4.81. The fourth-order valence-corrected chi connectivity index (χ4v) is 2.34. The second-order valence-corrected chi connectivity index (χ2v) is 5.16. The van der Waals surface area contributed by atoms with Crippen LogP contribution in [0.5, 0.6) is 0 Å². The number of amides is 1. The lowest BCUT2D eigenvalue weighted by Crippen LogP contribution is -2.30. The molecule has 5 heteroatoms. The molecule has 2 rings (SSSR count). The molecule has 0 spiro atoms. The molecule has 2 N–H and O–H groups in total. The Labute approximate surface area is 128 Å². The van der Waals surface area contributed by atoms with E-state index in [4.69, 9.17) is 17.3 Å². The second-order valence-electron chi connectivity index (χ2n) is 4.72. The number of halogens is 2. The van der Waals surface area contributed by atoms with Gasteiger partial charge in [0.2, 0.25) is 0 Å². The molecule has 110 valence electrons. The maximum absolute atomic E-state index is 13.2. The van der Waals surface area contributed by atoms with E-state index in [2.05, 4.69) is 0 Å². The molecule has 0 aliphatic heterocycles. The number of hydrogen-bond donors (Lipinski definition) is 1. The van der Waals surface area contributed by atoms with Crippen molar-refractivity contribution < 1.29 is 9.18 Å². The highest BCUT2D eigenvalue weighted by Crippen LogP contribution is 2.19. The molecule has 3 nitrogen and oxygen atoms in total. The number of benzene rings is 2. The van der Waals surface area contributed by atoms with Crippen LogP contribution in [0.25, 0.3) is 0 Å². The van der Waals surface area contributed by atoms with E-state index in [9.17, 15) is 9.18 Å². The van der Waals surface area contributed by atoms with Crippen LogP contribution >= 0.6 is 11.6 Å². The van der Waals surface area contributed by atoms with E-state index in [1.165, 1.54) is 12.1 Å². The molecule has 21 heavy (non-hydrogen) atoms. The van der Waals surface area contributed by atoms with E-state index in [1.807, 2.05) is 6.92 Å². The molecule has 0 aliphatic rings. The van der Waals surface area contributed by atoms with Crippen molar-refractivity contribution in [2.45, 2.75) is 13.5 Å². The largest absolute Gasteiger partial charge is 0.399 e. The zero-order chi connectivity index (χ0) is 15.4. The van der Waals surface area contributed by atoms with Crippen LogP contribution in [0.4, 0.5) is 10.1 Å². The van der Waals surface area contributed by atoms with Crippen molar-refractivity contribution in [2.24, 2.45) is 0 Å². The lowest BCUT2D eigenvalue weighted by atomic mass is 10.1. The zero-order valence-electron chi connectivity index (χ0n) is 11.6. The number of nitrogens with two attached hydrogens (primary N) is 1. The Morgan fingerprint density at radius 3 is 2.67 bits per heavy atom. The van der Waals surface area contributed by atoms with Crippen molar-refractivity contribution in [3.63, 3.8) is 0 Å². The maximum atomic E-state index is 13.2. The predicted molar refractivity (Wildman–Crippen MR) is 82.7 cm³/mol. The van der Waals surface area contributed by atoms with Crippen LogP contribution in [-0.4, -0.2) is 17.4 Å². The lowest BCUT2D eigenvalue weighted by molar-refractivity contribution is 0.0752. The van der Waals surface area contributed by atoms with E-state index < -0.39 is 0 Å². The average Bonchev–Trinajstić information content (AvgIpc) is 2.43. The molecule has 0 aromatic heterocycles. The smallest absolute Gasteiger partial charge is 0.254 e. The number of anilines is 1.